The molecule has 0 saturated carbocycles. The van der Waals surface area contributed by atoms with Crippen LogP contribution in [-0.2, 0) is 5.54 Å². The van der Waals surface area contributed by atoms with Crippen molar-refractivity contribution in [2.45, 2.75) is 26.3 Å². The van der Waals surface area contributed by atoms with Gasteiger partial charge in [0.25, 0.3) is 0 Å². The van der Waals surface area contributed by atoms with Gasteiger partial charge in [-0.3, -0.25) is 4.68 Å². The summed E-state index contributed by atoms with van der Waals surface area (Å²) in [5.74, 6) is 0.714. The standard InChI is InChI=1S/C14H17ClN4S/c1-14(2,3)19-9-8-12(18-19)17-13(20)16-11-6-4-10(15)5-7-11/h4-9H,1-3H3,(H2,16,17,18,20). The average molecular weight is 309 g/mol. The lowest BCUT2D eigenvalue weighted by molar-refractivity contribution is 0.356. The van der Waals surface area contributed by atoms with E-state index in [4.69, 9.17) is 23.8 Å². The summed E-state index contributed by atoms with van der Waals surface area (Å²) in [4.78, 5) is 0. The minimum Gasteiger partial charge on any atom is -0.332 e. The van der Waals surface area contributed by atoms with E-state index >= 15 is 0 Å². The molecule has 0 saturated heterocycles. The summed E-state index contributed by atoms with van der Waals surface area (Å²) in [6, 6.07) is 9.23. The minimum atomic E-state index is -0.0504. The third-order valence-electron chi connectivity index (χ3n) is 2.62. The van der Waals surface area contributed by atoms with E-state index in [1.54, 1.807) is 12.1 Å². The molecule has 2 rings (SSSR count). The second-order valence-corrected chi connectivity index (χ2v) is 6.25. The van der Waals surface area contributed by atoms with Gasteiger partial charge in [-0.15, -0.1) is 0 Å². The molecular weight excluding hydrogens is 292 g/mol. The van der Waals surface area contributed by atoms with Crippen LogP contribution < -0.4 is 10.6 Å². The van der Waals surface area contributed by atoms with Crippen LogP contribution >= 0.6 is 23.8 Å². The SMILES string of the molecule is CC(C)(C)n1ccc(NC(=S)Nc2ccc(Cl)cc2)n1. The lowest BCUT2D eigenvalue weighted by Gasteiger charge is -2.18. The molecule has 1 aromatic carbocycles. The molecule has 0 aliphatic carbocycles. The highest BCUT2D eigenvalue weighted by atomic mass is 35.5. The Morgan fingerprint density at radius 1 is 1.15 bits per heavy atom. The maximum absolute atomic E-state index is 5.83. The third-order valence-corrected chi connectivity index (χ3v) is 3.08. The van der Waals surface area contributed by atoms with Gasteiger partial charge in [0.15, 0.2) is 10.9 Å². The fourth-order valence-electron chi connectivity index (χ4n) is 1.58. The predicted molar refractivity (Wildman–Crippen MR) is 88.5 cm³/mol. The van der Waals surface area contributed by atoms with Crippen LogP contribution in [0.3, 0.4) is 0 Å². The first-order chi connectivity index (χ1) is 9.34. The van der Waals surface area contributed by atoms with Crippen molar-refractivity contribution in [2.75, 3.05) is 10.6 Å². The molecule has 0 amide bonds. The van der Waals surface area contributed by atoms with E-state index in [9.17, 15) is 0 Å². The zero-order chi connectivity index (χ0) is 14.8. The van der Waals surface area contributed by atoms with Crippen molar-refractivity contribution in [1.82, 2.24) is 9.78 Å². The van der Waals surface area contributed by atoms with Crippen LogP contribution in [-0.4, -0.2) is 14.9 Å². The molecule has 0 fully saturated rings. The number of anilines is 2. The molecule has 2 N–H and O–H groups in total. The number of benzene rings is 1. The Morgan fingerprint density at radius 2 is 1.80 bits per heavy atom. The Hall–Kier alpha value is -1.59. The van der Waals surface area contributed by atoms with E-state index in [-0.39, 0.29) is 5.54 Å². The normalized spacial score (nSPS) is 11.2. The van der Waals surface area contributed by atoms with Gasteiger partial charge in [0.1, 0.15) is 0 Å². The van der Waals surface area contributed by atoms with Gasteiger partial charge in [-0.05, 0) is 57.3 Å². The number of nitrogens with zero attached hydrogens (tertiary/aromatic N) is 2. The van der Waals surface area contributed by atoms with Gasteiger partial charge in [-0.25, -0.2) is 0 Å². The molecule has 0 unspecified atom stereocenters. The zero-order valence-electron chi connectivity index (χ0n) is 11.6. The van der Waals surface area contributed by atoms with Gasteiger partial charge in [0, 0.05) is 23.0 Å². The van der Waals surface area contributed by atoms with Crippen molar-refractivity contribution in [2.24, 2.45) is 0 Å². The van der Waals surface area contributed by atoms with Crippen molar-refractivity contribution >= 4 is 40.4 Å². The van der Waals surface area contributed by atoms with E-state index in [0.29, 0.717) is 16.0 Å². The predicted octanol–water partition coefficient (Wildman–Crippen LogP) is 4.10. The molecule has 6 heteroatoms. The first kappa shape index (κ1) is 14.8. The van der Waals surface area contributed by atoms with Crippen LogP contribution in [0, 0.1) is 0 Å². The van der Waals surface area contributed by atoms with E-state index in [1.807, 2.05) is 29.1 Å². The van der Waals surface area contributed by atoms with Gasteiger partial charge in [-0.1, -0.05) is 11.6 Å². The number of thiocarbonyl (C=S) groups is 1. The Morgan fingerprint density at radius 3 is 2.35 bits per heavy atom. The summed E-state index contributed by atoms with van der Waals surface area (Å²) in [5.41, 5.74) is 0.827. The molecule has 4 nitrogen and oxygen atoms in total. The van der Waals surface area contributed by atoms with Gasteiger partial charge in [0.05, 0.1) is 5.54 Å². The van der Waals surface area contributed by atoms with Crippen molar-refractivity contribution < 1.29 is 0 Å². The smallest absolute Gasteiger partial charge is 0.176 e. The number of aromatic nitrogens is 2. The molecule has 0 aliphatic rings. The lowest BCUT2D eigenvalue weighted by atomic mass is 10.1. The van der Waals surface area contributed by atoms with Crippen molar-refractivity contribution in [3.05, 3.63) is 41.6 Å². The van der Waals surface area contributed by atoms with Crippen LogP contribution in [0.2, 0.25) is 5.02 Å². The lowest BCUT2D eigenvalue weighted by Crippen LogP contribution is -2.23. The van der Waals surface area contributed by atoms with Gasteiger partial charge in [-0.2, -0.15) is 5.10 Å². The Balaban J connectivity index is 1.98. The molecule has 0 aliphatic heterocycles. The van der Waals surface area contributed by atoms with Crippen molar-refractivity contribution in [3.63, 3.8) is 0 Å². The highest BCUT2D eigenvalue weighted by Crippen LogP contribution is 2.16. The fraction of sp³-hybridized carbons (Fsp3) is 0.286. The summed E-state index contributed by atoms with van der Waals surface area (Å²) in [6.45, 7) is 6.27. The molecule has 20 heavy (non-hydrogen) atoms. The monoisotopic (exact) mass is 308 g/mol. The average Bonchev–Trinajstić information content (AvgIpc) is 2.80. The number of hydrogen-bond donors (Lipinski definition) is 2. The van der Waals surface area contributed by atoms with Gasteiger partial charge < -0.3 is 10.6 Å². The maximum Gasteiger partial charge on any atom is 0.176 e. The van der Waals surface area contributed by atoms with Gasteiger partial charge >= 0.3 is 0 Å². The zero-order valence-corrected chi connectivity index (χ0v) is 13.2. The van der Waals surface area contributed by atoms with E-state index < -0.39 is 0 Å². The maximum atomic E-state index is 5.83. The molecular formula is C14H17ClN4S. The molecule has 0 bridgehead atoms. The summed E-state index contributed by atoms with van der Waals surface area (Å²) in [6.07, 6.45) is 1.92. The Kier molecular flexibility index (Phi) is 4.30. The van der Waals surface area contributed by atoms with E-state index in [0.717, 1.165) is 5.69 Å². The number of hydrogen-bond acceptors (Lipinski definition) is 2. The summed E-state index contributed by atoms with van der Waals surface area (Å²) >= 11 is 11.1. The van der Waals surface area contributed by atoms with Crippen molar-refractivity contribution in [3.8, 4) is 0 Å². The van der Waals surface area contributed by atoms with Gasteiger partial charge in [0.2, 0.25) is 0 Å². The topological polar surface area (TPSA) is 41.9 Å². The van der Waals surface area contributed by atoms with Crippen LogP contribution in [0.4, 0.5) is 11.5 Å². The molecule has 1 heterocycles. The summed E-state index contributed by atoms with van der Waals surface area (Å²) < 4.78 is 1.89. The highest BCUT2D eigenvalue weighted by Gasteiger charge is 2.14. The van der Waals surface area contributed by atoms with E-state index in [1.165, 1.54) is 0 Å². The van der Waals surface area contributed by atoms with Crippen LogP contribution in [0.25, 0.3) is 0 Å². The highest BCUT2D eigenvalue weighted by molar-refractivity contribution is 7.80. The second-order valence-electron chi connectivity index (χ2n) is 5.40. The quantitative estimate of drug-likeness (QED) is 0.820. The molecule has 106 valence electrons. The fourth-order valence-corrected chi connectivity index (χ4v) is 1.92. The molecule has 0 atom stereocenters. The summed E-state index contributed by atoms with van der Waals surface area (Å²) in [7, 11) is 0. The third kappa shape index (κ3) is 3.95. The molecule has 0 radical (unpaired) electrons. The van der Waals surface area contributed by atoms with E-state index in [2.05, 4.69) is 36.5 Å². The Bertz CT molecular complexity index is 598. The number of rotatable bonds is 2. The first-order valence-corrected chi connectivity index (χ1v) is 7.03. The van der Waals surface area contributed by atoms with Crippen LogP contribution in [0.5, 0.6) is 0 Å². The minimum absolute atomic E-state index is 0.0504. The first-order valence-electron chi connectivity index (χ1n) is 6.24. The number of halogens is 1. The summed E-state index contributed by atoms with van der Waals surface area (Å²) in [5, 5.41) is 11.8. The van der Waals surface area contributed by atoms with Crippen molar-refractivity contribution in [1.29, 1.82) is 0 Å². The molecule has 1 aromatic heterocycles. The molecule has 0 spiro atoms. The van der Waals surface area contributed by atoms with Crippen LogP contribution in [0.1, 0.15) is 20.8 Å². The second kappa shape index (κ2) is 5.81. The number of nitrogens with one attached hydrogen (secondary N) is 2. The Labute approximate surface area is 129 Å². The van der Waals surface area contributed by atoms with Crippen LogP contribution in [0.15, 0.2) is 36.5 Å². The largest absolute Gasteiger partial charge is 0.332 e. The molecule has 2 aromatic rings.